The SMILES string of the molecule is CCNC(CC(C)(C)C)c1cc(OC)c(OC)cc1Cl. The molecule has 1 N–H and O–H groups in total. The van der Waals surface area contributed by atoms with Crippen molar-refractivity contribution in [1.29, 1.82) is 0 Å². The predicted molar refractivity (Wildman–Crippen MR) is 85.0 cm³/mol. The number of methoxy groups -OCH3 is 2. The van der Waals surface area contributed by atoms with Crippen LogP contribution >= 0.6 is 11.6 Å². The Morgan fingerprint density at radius 1 is 1.15 bits per heavy atom. The van der Waals surface area contributed by atoms with Crippen LogP contribution in [-0.4, -0.2) is 20.8 Å². The monoisotopic (exact) mass is 299 g/mol. The largest absolute Gasteiger partial charge is 0.493 e. The average molecular weight is 300 g/mol. The molecule has 1 atom stereocenters. The van der Waals surface area contributed by atoms with E-state index in [0.717, 1.165) is 18.5 Å². The summed E-state index contributed by atoms with van der Waals surface area (Å²) in [7, 11) is 3.26. The Morgan fingerprint density at radius 2 is 1.70 bits per heavy atom. The fourth-order valence-corrected chi connectivity index (χ4v) is 2.57. The molecule has 0 spiro atoms. The lowest BCUT2D eigenvalue weighted by atomic mass is 9.85. The van der Waals surface area contributed by atoms with Gasteiger partial charge in [-0.25, -0.2) is 0 Å². The smallest absolute Gasteiger partial charge is 0.162 e. The van der Waals surface area contributed by atoms with E-state index in [1.54, 1.807) is 14.2 Å². The summed E-state index contributed by atoms with van der Waals surface area (Å²) in [5.74, 6) is 1.37. The summed E-state index contributed by atoms with van der Waals surface area (Å²) in [6.07, 6.45) is 0.996. The van der Waals surface area contributed by atoms with Crippen molar-refractivity contribution in [3.05, 3.63) is 22.7 Å². The number of rotatable bonds is 6. The third-order valence-electron chi connectivity index (χ3n) is 3.15. The number of hydrogen-bond donors (Lipinski definition) is 1. The first-order valence-corrected chi connectivity index (χ1v) is 7.35. The average Bonchev–Trinajstić information content (AvgIpc) is 2.36. The Kier molecular flexibility index (Phi) is 6.15. The van der Waals surface area contributed by atoms with Gasteiger partial charge in [0.05, 0.1) is 14.2 Å². The maximum atomic E-state index is 6.42. The molecule has 0 aliphatic rings. The van der Waals surface area contributed by atoms with Crippen LogP contribution in [0.25, 0.3) is 0 Å². The Bertz CT molecular complexity index is 441. The highest BCUT2D eigenvalue weighted by molar-refractivity contribution is 6.31. The molecule has 0 bridgehead atoms. The molecular weight excluding hydrogens is 274 g/mol. The maximum Gasteiger partial charge on any atom is 0.162 e. The Morgan fingerprint density at radius 3 is 2.15 bits per heavy atom. The van der Waals surface area contributed by atoms with E-state index in [1.165, 1.54) is 0 Å². The van der Waals surface area contributed by atoms with E-state index in [9.17, 15) is 0 Å². The van der Waals surface area contributed by atoms with E-state index in [-0.39, 0.29) is 11.5 Å². The third kappa shape index (κ3) is 4.57. The summed E-state index contributed by atoms with van der Waals surface area (Å²) in [6, 6.07) is 4.00. The summed E-state index contributed by atoms with van der Waals surface area (Å²) in [5, 5.41) is 4.21. The van der Waals surface area contributed by atoms with Crippen molar-refractivity contribution in [2.75, 3.05) is 20.8 Å². The second-order valence-corrected chi connectivity index (χ2v) is 6.51. The summed E-state index contributed by atoms with van der Waals surface area (Å²) < 4.78 is 10.7. The van der Waals surface area contributed by atoms with Crippen LogP contribution in [0.1, 0.15) is 45.7 Å². The zero-order chi connectivity index (χ0) is 15.3. The summed E-state index contributed by atoms with van der Waals surface area (Å²) in [6.45, 7) is 9.68. The van der Waals surface area contributed by atoms with Crippen LogP contribution in [0.5, 0.6) is 11.5 Å². The molecule has 1 aromatic rings. The van der Waals surface area contributed by atoms with Crippen molar-refractivity contribution in [3.8, 4) is 11.5 Å². The van der Waals surface area contributed by atoms with E-state index < -0.39 is 0 Å². The molecule has 1 aromatic carbocycles. The molecule has 20 heavy (non-hydrogen) atoms. The van der Waals surface area contributed by atoms with Crippen LogP contribution in [-0.2, 0) is 0 Å². The molecule has 0 aromatic heterocycles. The van der Waals surface area contributed by atoms with Gasteiger partial charge in [0, 0.05) is 17.1 Å². The van der Waals surface area contributed by atoms with Crippen molar-refractivity contribution in [2.45, 2.75) is 40.2 Å². The second kappa shape index (κ2) is 7.19. The lowest BCUT2D eigenvalue weighted by Gasteiger charge is -2.28. The van der Waals surface area contributed by atoms with Crippen molar-refractivity contribution in [1.82, 2.24) is 5.32 Å². The number of nitrogens with one attached hydrogen (secondary N) is 1. The van der Waals surface area contributed by atoms with Crippen LogP contribution in [0.15, 0.2) is 12.1 Å². The zero-order valence-electron chi connectivity index (χ0n) is 13.3. The number of hydrogen-bond acceptors (Lipinski definition) is 3. The van der Waals surface area contributed by atoms with Gasteiger partial charge in [-0.05, 0) is 30.0 Å². The molecule has 0 fully saturated rings. The van der Waals surface area contributed by atoms with Gasteiger partial charge in [0.1, 0.15) is 0 Å². The summed E-state index contributed by atoms with van der Waals surface area (Å²) in [5.41, 5.74) is 1.27. The van der Waals surface area contributed by atoms with E-state index in [4.69, 9.17) is 21.1 Å². The minimum atomic E-state index is 0.201. The van der Waals surface area contributed by atoms with E-state index >= 15 is 0 Å². The van der Waals surface area contributed by atoms with Crippen LogP contribution < -0.4 is 14.8 Å². The summed E-state index contributed by atoms with van der Waals surface area (Å²) >= 11 is 6.42. The van der Waals surface area contributed by atoms with Gasteiger partial charge in [0.2, 0.25) is 0 Å². The van der Waals surface area contributed by atoms with Crippen LogP contribution in [0.3, 0.4) is 0 Å². The fourth-order valence-electron chi connectivity index (χ4n) is 2.29. The van der Waals surface area contributed by atoms with Crippen molar-refractivity contribution in [2.24, 2.45) is 5.41 Å². The highest BCUT2D eigenvalue weighted by Crippen LogP contribution is 2.39. The van der Waals surface area contributed by atoms with Crippen molar-refractivity contribution < 1.29 is 9.47 Å². The van der Waals surface area contributed by atoms with E-state index in [1.807, 2.05) is 12.1 Å². The van der Waals surface area contributed by atoms with Gasteiger partial charge >= 0.3 is 0 Å². The molecule has 0 aliphatic carbocycles. The Labute approximate surface area is 127 Å². The number of halogens is 1. The van der Waals surface area contributed by atoms with Gasteiger partial charge in [0.15, 0.2) is 11.5 Å². The minimum absolute atomic E-state index is 0.201. The number of benzene rings is 1. The topological polar surface area (TPSA) is 30.5 Å². The second-order valence-electron chi connectivity index (χ2n) is 6.10. The molecule has 114 valence electrons. The molecule has 0 aliphatic heterocycles. The van der Waals surface area contributed by atoms with Gasteiger partial charge in [-0.3, -0.25) is 0 Å². The quantitative estimate of drug-likeness (QED) is 0.842. The Hall–Kier alpha value is -0.930. The maximum absolute atomic E-state index is 6.42. The molecule has 0 heterocycles. The molecule has 4 heteroatoms. The first kappa shape index (κ1) is 17.1. The molecule has 0 saturated carbocycles. The highest BCUT2D eigenvalue weighted by Gasteiger charge is 2.23. The number of ether oxygens (including phenoxy) is 2. The standard InChI is InChI=1S/C16H26ClNO2/c1-7-18-13(10-16(2,3)4)11-8-14(19-5)15(20-6)9-12(11)17/h8-9,13,18H,7,10H2,1-6H3. The molecule has 1 unspecified atom stereocenters. The van der Waals surface area contributed by atoms with E-state index in [2.05, 4.69) is 33.0 Å². The fraction of sp³-hybridized carbons (Fsp3) is 0.625. The molecule has 1 rings (SSSR count). The first-order valence-electron chi connectivity index (χ1n) is 6.97. The van der Waals surface area contributed by atoms with Gasteiger partial charge in [-0.1, -0.05) is 39.3 Å². The van der Waals surface area contributed by atoms with Crippen molar-refractivity contribution >= 4 is 11.6 Å². The molecule has 0 radical (unpaired) electrons. The van der Waals surface area contributed by atoms with Crippen LogP contribution in [0, 0.1) is 5.41 Å². The highest BCUT2D eigenvalue weighted by atomic mass is 35.5. The Balaban J connectivity index is 3.18. The van der Waals surface area contributed by atoms with Gasteiger partial charge in [-0.2, -0.15) is 0 Å². The molecule has 3 nitrogen and oxygen atoms in total. The van der Waals surface area contributed by atoms with Crippen LogP contribution in [0.4, 0.5) is 0 Å². The zero-order valence-corrected chi connectivity index (χ0v) is 14.1. The van der Waals surface area contributed by atoms with Crippen LogP contribution in [0.2, 0.25) is 5.02 Å². The summed E-state index contributed by atoms with van der Waals surface area (Å²) in [4.78, 5) is 0. The normalized spacial score (nSPS) is 13.2. The third-order valence-corrected chi connectivity index (χ3v) is 3.47. The molecular formula is C16H26ClNO2. The predicted octanol–water partition coefficient (Wildman–Crippen LogP) is 4.44. The minimum Gasteiger partial charge on any atom is -0.493 e. The van der Waals surface area contributed by atoms with Gasteiger partial charge in [-0.15, -0.1) is 0 Å². The van der Waals surface area contributed by atoms with Gasteiger partial charge < -0.3 is 14.8 Å². The van der Waals surface area contributed by atoms with Gasteiger partial charge in [0.25, 0.3) is 0 Å². The molecule has 0 amide bonds. The molecule has 0 saturated heterocycles. The van der Waals surface area contributed by atoms with Crippen molar-refractivity contribution in [3.63, 3.8) is 0 Å². The first-order chi connectivity index (χ1) is 9.32. The van der Waals surface area contributed by atoms with E-state index in [0.29, 0.717) is 16.5 Å². The lowest BCUT2D eigenvalue weighted by Crippen LogP contribution is -2.26. The lowest BCUT2D eigenvalue weighted by molar-refractivity contribution is 0.312.